The van der Waals surface area contributed by atoms with Crippen LogP contribution in [-0.4, -0.2) is 186 Å². The first-order valence-electron chi connectivity index (χ1n) is 24.0. The molecule has 0 saturated carbocycles. The fraction of sp³-hybridized carbons (Fsp3) is 0.767. The molecule has 0 aliphatic rings. The highest BCUT2D eigenvalue weighted by Gasteiger charge is 2.36. The van der Waals surface area contributed by atoms with Crippen molar-refractivity contribution in [2.45, 2.75) is 159 Å². The Morgan fingerprint density at radius 1 is 0.361 bits per heavy atom. The summed E-state index contributed by atoms with van der Waals surface area (Å²) >= 11 is 0. The minimum atomic E-state index is -1.70. The number of nitrogens with one attached hydrogen (secondary N) is 9. The van der Waals surface area contributed by atoms with E-state index in [4.69, 9.17) is 40.1 Å². The van der Waals surface area contributed by atoms with E-state index in [1.54, 1.807) is 27.7 Å². The molecule has 12 atom stereocenters. The molecule has 9 amide bonds. The number of hydrogen-bond donors (Lipinski definition) is 19. The maximum absolute atomic E-state index is 14.0. The van der Waals surface area contributed by atoms with Gasteiger partial charge in [0, 0.05) is 6.54 Å². The zero-order valence-electron chi connectivity index (χ0n) is 42.2. The lowest BCUT2D eigenvalue weighted by Crippen LogP contribution is -2.62. The van der Waals surface area contributed by atoms with Crippen molar-refractivity contribution >= 4 is 59.1 Å². The normalized spacial score (nSPS) is 16.3. The van der Waals surface area contributed by atoms with Gasteiger partial charge in [-0.2, -0.15) is 0 Å². The van der Waals surface area contributed by atoms with Crippen LogP contribution in [0.1, 0.15) is 86.5 Å². The second-order valence-electron chi connectivity index (χ2n) is 18.2. The Hall–Kier alpha value is -5.66. The van der Waals surface area contributed by atoms with Crippen LogP contribution in [0.25, 0.3) is 0 Å². The number of carboxylic acids is 1. The predicted octanol–water partition coefficient (Wildman–Crippen LogP) is -8.68. The van der Waals surface area contributed by atoms with Gasteiger partial charge < -0.3 is 103 Å². The van der Waals surface area contributed by atoms with Gasteiger partial charge in [0.15, 0.2) is 6.04 Å². The molecule has 0 fully saturated rings. The van der Waals surface area contributed by atoms with Crippen LogP contribution >= 0.6 is 0 Å². The SMILES string of the molecule is CC(C)C[C@H](NC(=O)[C@@H](CC(C)C)NC(=O)[C@H](CN)NC(=O)[C@H](CCN)NC(=O)[C@H](CCN)NC(=O)[C@@H](NC(=O)[C@@H](N)CCN)[C@@H](C)O)C(=O)N[C@@H](CCN)C(=O)N[C@@H](CCN)C(=O)N[C@H](C(=O)O)[C@@H](C)O. The van der Waals surface area contributed by atoms with Crippen LogP contribution in [0.15, 0.2) is 0 Å². The molecule has 414 valence electrons. The summed E-state index contributed by atoms with van der Waals surface area (Å²) in [4.78, 5) is 133. The number of carbonyl (C=O) groups is 10. The topological polar surface area (TPSA) is 522 Å². The average molecular weight is 1030 g/mol. The fourth-order valence-electron chi connectivity index (χ4n) is 6.89. The van der Waals surface area contributed by atoms with Gasteiger partial charge in [-0.1, -0.05) is 27.7 Å². The highest BCUT2D eigenvalue weighted by atomic mass is 16.4. The zero-order valence-corrected chi connectivity index (χ0v) is 42.2. The standard InChI is InChI=1S/C43H84N16O13/c1-20(2)17-29(39(67)53-25(8-13-45)35(63)52-28(11-16-48)38(66)59-33(23(6)61)43(71)72)55-40(68)30(18-21(3)4)56-41(69)31(19-49)57-37(65)26(9-14-46)51-36(64)27(10-15-47)54-42(70)32(22(5)60)58-34(62)24(50)7-12-44/h20-33,60-61H,7-19,44-50H2,1-6H3,(H,51,64)(H,52,63)(H,53,67)(H,54,70)(H,55,68)(H,56,69)(H,57,65)(H,58,62)(H,59,66)(H,71,72)/t22-,23-,24+,25+,26+,27+,28+,29+,30-,31+,32+,33+/m1/s1. The number of aliphatic hydroxyl groups excluding tert-OH is 2. The van der Waals surface area contributed by atoms with E-state index in [0.717, 1.165) is 6.92 Å². The average Bonchev–Trinajstić information content (AvgIpc) is 3.29. The third-order valence-corrected chi connectivity index (χ3v) is 10.8. The molecule has 0 radical (unpaired) electrons. The molecule has 0 spiro atoms. The lowest BCUT2D eigenvalue weighted by molar-refractivity contribution is -0.145. The summed E-state index contributed by atoms with van der Waals surface area (Å²) in [6.45, 7) is 8.48. The molecule has 0 aliphatic heterocycles. The number of amides is 9. The Kier molecular flexibility index (Phi) is 31.9. The number of carbonyl (C=O) groups excluding carboxylic acids is 9. The summed E-state index contributed by atoms with van der Waals surface area (Å²) in [7, 11) is 0. The quantitative estimate of drug-likeness (QED) is 0.0277. The second-order valence-corrected chi connectivity index (χ2v) is 18.2. The summed E-state index contributed by atoms with van der Waals surface area (Å²) in [5.74, 6) is -9.94. The highest BCUT2D eigenvalue weighted by molar-refractivity contribution is 5.98. The first-order valence-corrected chi connectivity index (χ1v) is 24.0. The van der Waals surface area contributed by atoms with E-state index in [9.17, 15) is 63.3 Å². The third-order valence-electron chi connectivity index (χ3n) is 10.8. The summed E-state index contributed by atoms with van der Waals surface area (Å²) < 4.78 is 0. The van der Waals surface area contributed by atoms with Crippen LogP contribution in [0, 0.1) is 11.8 Å². The predicted molar refractivity (Wildman–Crippen MR) is 263 cm³/mol. The largest absolute Gasteiger partial charge is 0.480 e. The van der Waals surface area contributed by atoms with Crippen LogP contribution in [-0.2, 0) is 47.9 Å². The molecule has 0 aromatic heterocycles. The van der Waals surface area contributed by atoms with Crippen molar-refractivity contribution < 1.29 is 63.3 Å². The summed E-state index contributed by atoms with van der Waals surface area (Å²) in [5, 5.41) is 51.5. The third kappa shape index (κ3) is 24.2. The number of aliphatic hydroxyl groups is 2. The molecule has 72 heavy (non-hydrogen) atoms. The van der Waals surface area contributed by atoms with Gasteiger partial charge in [0.25, 0.3) is 0 Å². The molecule has 0 rings (SSSR count). The Balaban J connectivity index is 6.31. The van der Waals surface area contributed by atoms with Crippen LogP contribution in [0.5, 0.6) is 0 Å². The van der Waals surface area contributed by atoms with E-state index in [1.165, 1.54) is 6.92 Å². The van der Waals surface area contributed by atoms with Gasteiger partial charge in [-0.25, -0.2) is 4.79 Å². The molecule has 29 nitrogen and oxygen atoms in total. The first-order chi connectivity index (χ1) is 33.7. The summed E-state index contributed by atoms with van der Waals surface area (Å²) in [5.41, 5.74) is 40.0. The number of hydrogen-bond acceptors (Lipinski definition) is 19. The Bertz CT molecular complexity index is 1780. The lowest BCUT2D eigenvalue weighted by Gasteiger charge is -2.29. The molecule has 26 N–H and O–H groups in total. The van der Waals surface area contributed by atoms with Crippen molar-refractivity contribution in [3.8, 4) is 0 Å². The smallest absolute Gasteiger partial charge is 0.328 e. The van der Waals surface area contributed by atoms with Crippen LogP contribution < -0.4 is 88.0 Å². The Morgan fingerprint density at radius 2 is 0.625 bits per heavy atom. The second kappa shape index (κ2) is 34.7. The number of rotatable bonds is 36. The van der Waals surface area contributed by atoms with Crippen molar-refractivity contribution in [1.82, 2.24) is 47.9 Å². The van der Waals surface area contributed by atoms with Gasteiger partial charge in [-0.05, 0) is 103 Å². The van der Waals surface area contributed by atoms with Gasteiger partial charge in [-0.3, -0.25) is 43.2 Å². The van der Waals surface area contributed by atoms with E-state index < -0.39 is 138 Å². The van der Waals surface area contributed by atoms with E-state index >= 15 is 0 Å². The number of carboxylic acid groups (broad SMARTS) is 1. The van der Waals surface area contributed by atoms with E-state index in [-0.39, 0.29) is 89.5 Å². The van der Waals surface area contributed by atoms with Crippen molar-refractivity contribution in [2.24, 2.45) is 52.0 Å². The van der Waals surface area contributed by atoms with Crippen LogP contribution in [0.4, 0.5) is 0 Å². The van der Waals surface area contributed by atoms with Crippen molar-refractivity contribution in [3.05, 3.63) is 0 Å². The van der Waals surface area contributed by atoms with E-state index in [1.807, 2.05) is 0 Å². The number of aliphatic carboxylic acids is 1. The highest BCUT2D eigenvalue weighted by Crippen LogP contribution is 2.11. The first kappa shape index (κ1) is 66.3. The van der Waals surface area contributed by atoms with E-state index in [0.29, 0.717) is 0 Å². The molecule has 0 aromatic rings. The fourth-order valence-corrected chi connectivity index (χ4v) is 6.89. The minimum Gasteiger partial charge on any atom is -0.480 e. The molecule has 0 unspecified atom stereocenters. The van der Waals surface area contributed by atoms with Gasteiger partial charge in [0.05, 0.1) is 18.2 Å². The van der Waals surface area contributed by atoms with Gasteiger partial charge in [-0.15, -0.1) is 0 Å². The van der Waals surface area contributed by atoms with Crippen molar-refractivity contribution in [2.75, 3.05) is 39.3 Å². The molecule has 0 heterocycles. The van der Waals surface area contributed by atoms with Gasteiger partial charge >= 0.3 is 5.97 Å². The maximum atomic E-state index is 14.0. The van der Waals surface area contributed by atoms with Crippen molar-refractivity contribution in [3.63, 3.8) is 0 Å². The zero-order chi connectivity index (χ0) is 55.4. The Morgan fingerprint density at radius 3 is 0.917 bits per heavy atom. The molecule has 0 saturated heterocycles. The molecule has 0 bridgehead atoms. The minimum absolute atomic E-state index is 0.0274. The Labute approximate surface area is 419 Å². The van der Waals surface area contributed by atoms with E-state index in [2.05, 4.69) is 47.9 Å². The van der Waals surface area contributed by atoms with Gasteiger partial charge in [0.1, 0.15) is 48.3 Å². The molecule has 0 aliphatic carbocycles. The molecule has 0 aromatic carbocycles. The lowest BCUT2D eigenvalue weighted by atomic mass is 9.99. The molecule has 29 heteroatoms. The van der Waals surface area contributed by atoms with Crippen molar-refractivity contribution in [1.29, 1.82) is 0 Å². The van der Waals surface area contributed by atoms with Gasteiger partial charge in [0.2, 0.25) is 53.2 Å². The number of nitrogens with two attached hydrogens (primary N) is 7. The monoisotopic (exact) mass is 1030 g/mol. The maximum Gasteiger partial charge on any atom is 0.328 e. The molecular weight excluding hydrogens is 949 g/mol. The summed E-state index contributed by atoms with van der Waals surface area (Å²) in [6.07, 6.45) is -3.39. The van der Waals surface area contributed by atoms with Crippen LogP contribution in [0.3, 0.4) is 0 Å². The van der Waals surface area contributed by atoms with Crippen LogP contribution in [0.2, 0.25) is 0 Å². The summed E-state index contributed by atoms with van der Waals surface area (Å²) in [6, 6.07) is -13.9. The molecular formula is C43H84N16O13.